The molecule has 0 aliphatic heterocycles. The highest BCUT2D eigenvalue weighted by Crippen LogP contribution is 2.66. The van der Waals surface area contributed by atoms with E-state index < -0.39 is 0 Å². The minimum absolute atomic E-state index is 0.837. The molecule has 0 nitrogen and oxygen atoms in total. The zero-order valence-electron chi connectivity index (χ0n) is 7.48. The Morgan fingerprint density at radius 3 is 1.82 bits per heavy atom. The minimum atomic E-state index is 0.837. The van der Waals surface area contributed by atoms with Crippen LogP contribution >= 0.6 is 0 Å². The van der Waals surface area contributed by atoms with Gasteiger partial charge < -0.3 is 0 Å². The molecule has 11 heavy (non-hydrogen) atoms. The molecule has 0 bridgehead atoms. The zero-order chi connectivity index (χ0) is 7.64. The van der Waals surface area contributed by atoms with E-state index in [2.05, 4.69) is 13.8 Å². The molecule has 1 saturated carbocycles. The standard InChI is InChI=1S/C11H16/c1-7-8(2)10-6-11(3-4-11)5-9(7)10/h7-8H,3-6H2,1-2H3. The average Bonchev–Trinajstić information content (AvgIpc) is 2.65. The Morgan fingerprint density at radius 2 is 1.45 bits per heavy atom. The van der Waals surface area contributed by atoms with Gasteiger partial charge in [0.05, 0.1) is 0 Å². The molecule has 0 heterocycles. The fraction of sp³-hybridized carbons (Fsp3) is 0.818. The smallest absolute Gasteiger partial charge is 0.0166 e. The Balaban J connectivity index is 1.91. The molecule has 0 aromatic rings. The largest absolute Gasteiger partial charge is 0.0667 e. The number of allylic oxidation sites excluding steroid dienone is 2. The lowest BCUT2D eigenvalue weighted by molar-refractivity contribution is 0.426. The topological polar surface area (TPSA) is 0 Å². The van der Waals surface area contributed by atoms with Crippen LogP contribution in [0.5, 0.6) is 0 Å². The zero-order valence-corrected chi connectivity index (χ0v) is 7.48. The number of rotatable bonds is 0. The average molecular weight is 148 g/mol. The molecule has 3 aliphatic carbocycles. The molecule has 0 N–H and O–H groups in total. The summed E-state index contributed by atoms with van der Waals surface area (Å²) >= 11 is 0. The maximum atomic E-state index is 2.41. The summed E-state index contributed by atoms with van der Waals surface area (Å²) in [6.07, 6.45) is 6.01. The van der Waals surface area contributed by atoms with Crippen LogP contribution in [0.25, 0.3) is 0 Å². The van der Waals surface area contributed by atoms with Crippen LogP contribution in [0.4, 0.5) is 0 Å². The molecule has 0 amide bonds. The summed E-state index contributed by atoms with van der Waals surface area (Å²) in [6.45, 7) is 4.82. The van der Waals surface area contributed by atoms with Crippen molar-refractivity contribution in [1.29, 1.82) is 0 Å². The minimum Gasteiger partial charge on any atom is -0.0667 e. The molecule has 0 saturated heterocycles. The third-order valence-electron chi connectivity index (χ3n) is 4.35. The second kappa shape index (κ2) is 1.57. The monoisotopic (exact) mass is 148 g/mol. The molecule has 60 valence electrons. The van der Waals surface area contributed by atoms with E-state index >= 15 is 0 Å². The first kappa shape index (κ1) is 6.28. The Labute approximate surface area is 68.7 Å². The first-order chi connectivity index (χ1) is 5.22. The van der Waals surface area contributed by atoms with Crippen molar-refractivity contribution in [3.05, 3.63) is 11.1 Å². The second-order valence-corrected chi connectivity index (χ2v) is 4.98. The quantitative estimate of drug-likeness (QED) is 0.463. The lowest BCUT2D eigenvalue weighted by atomic mass is 9.71. The molecular weight excluding hydrogens is 132 g/mol. The van der Waals surface area contributed by atoms with Crippen LogP contribution < -0.4 is 0 Å². The Kier molecular flexibility index (Phi) is 0.898. The van der Waals surface area contributed by atoms with Crippen molar-refractivity contribution < 1.29 is 0 Å². The highest BCUT2D eigenvalue weighted by molar-refractivity contribution is 5.39. The first-order valence-corrected chi connectivity index (χ1v) is 4.94. The van der Waals surface area contributed by atoms with Crippen LogP contribution in [0, 0.1) is 17.3 Å². The first-order valence-electron chi connectivity index (χ1n) is 4.94. The molecule has 2 unspecified atom stereocenters. The van der Waals surface area contributed by atoms with Crippen molar-refractivity contribution >= 4 is 0 Å². The fourth-order valence-electron chi connectivity index (χ4n) is 3.04. The maximum Gasteiger partial charge on any atom is -0.0166 e. The third kappa shape index (κ3) is 0.617. The van der Waals surface area contributed by atoms with Crippen molar-refractivity contribution in [2.75, 3.05) is 0 Å². The van der Waals surface area contributed by atoms with Gasteiger partial charge in [-0.2, -0.15) is 0 Å². The van der Waals surface area contributed by atoms with Gasteiger partial charge in [0, 0.05) is 0 Å². The normalized spacial score (nSPS) is 44.2. The Hall–Kier alpha value is -0.260. The summed E-state index contributed by atoms with van der Waals surface area (Å²) in [6, 6.07) is 0. The SMILES string of the molecule is CC1C2=C(CC3(CC3)C2)C1C. The summed E-state index contributed by atoms with van der Waals surface area (Å²) < 4.78 is 0. The molecule has 3 aliphatic rings. The van der Waals surface area contributed by atoms with E-state index in [9.17, 15) is 0 Å². The van der Waals surface area contributed by atoms with Gasteiger partial charge in [0.15, 0.2) is 0 Å². The fourth-order valence-corrected chi connectivity index (χ4v) is 3.04. The van der Waals surface area contributed by atoms with Crippen molar-refractivity contribution in [3.8, 4) is 0 Å². The Bertz CT molecular complexity index is 221. The van der Waals surface area contributed by atoms with Gasteiger partial charge in [-0.25, -0.2) is 0 Å². The van der Waals surface area contributed by atoms with Crippen molar-refractivity contribution in [2.24, 2.45) is 17.3 Å². The van der Waals surface area contributed by atoms with E-state index in [1.807, 2.05) is 11.1 Å². The predicted octanol–water partition coefficient (Wildman–Crippen LogP) is 3.14. The summed E-state index contributed by atoms with van der Waals surface area (Å²) in [5.41, 5.74) is 4.55. The van der Waals surface area contributed by atoms with Gasteiger partial charge in [0.2, 0.25) is 0 Å². The summed E-state index contributed by atoms with van der Waals surface area (Å²) in [4.78, 5) is 0. The van der Waals surface area contributed by atoms with Crippen LogP contribution in [0.2, 0.25) is 0 Å². The van der Waals surface area contributed by atoms with E-state index in [4.69, 9.17) is 0 Å². The van der Waals surface area contributed by atoms with Crippen LogP contribution in [0.1, 0.15) is 39.5 Å². The molecule has 3 rings (SSSR count). The third-order valence-corrected chi connectivity index (χ3v) is 4.35. The van der Waals surface area contributed by atoms with Crippen molar-refractivity contribution in [2.45, 2.75) is 39.5 Å². The maximum absolute atomic E-state index is 2.41. The summed E-state index contributed by atoms with van der Waals surface area (Å²) in [5.74, 6) is 1.87. The van der Waals surface area contributed by atoms with Gasteiger partial charge in [-0.15, -0.1) is 0 Å². The molecule has 0 heteroatoms. The van der Waals surface area contributed by atoms with Gasteiger partial charge in [-0.05, 0) is 42.9 Å². The van der Waals surface area contributed by atoms with E-state index in [1.165, 1.54) is 25.7 Å². The van der Waals surface area contributed by atoms with E-state index in [0.29, 0.717) is 0 Å². The van der Waals surface area contributed by atoms with Gasteiger partial charge >= 0.3 is 0 Å². The van der Waals surface area contributed by atoms with E-state index in [-0.39, 0.29) is 0 Å². The predicted molar refractivity (Wildman–Crippen MR) is 46.3 cm³/mol. The molecule has 0 aromatic carbocycles. The molecular formula is C11H16. The van der Waals surface area contributed by atoms with Gasteiger partial charge in [-0.1, -0.05) is 25.0 Å². The van der Waals surface area contributed by atoms with Crippen LogP contribution in [-0.4, -0.2) is 0 Å². The number of hydrogen-bond donors (Lipinski definition) is 0. The molecule has 0 aromatic heterocycles. The lowest BCUT2D eigenvalue weighted by Crippen LogP contribution is -2.22. The lowest BCUT2D eigenvalue weighted by Gasteiger charge is -2.34. The molecule has 2 atom stereocenters. The van der Waals surface area contributed by atoms with Gasteiger partial charge in [-0.3, -0.25) is 0 Å². The number of hydrogen-bond acceptors (Lipinski definition) is 0. The molecule has 0 radical (unpaired) electrons. The summed E-state index contributed by atoms with van der Waals surface area (Å²) in [7, 11) is 0. The van der Waals surface area contributed by atoms with E-state index in [1.54, 1.807) is 0 Å². The van der Waals surface area contributed by atoms with Crippen LogP contribution in [0.15, 0.2) is 11.1 Å². The van der Waals surface area contributed by atoms with Crippen LogP contribution in [0.3, 0.4) is 0 Å². The Morgan fingerprint density at radius 1 is 1.00 bits per heavy atom. The molecule has 1 spiro atoms. The molecule has 1 fully saturated rings. The van der Waals surface area contributed by atoms with Gasteiger partial charge in [0.1, 0.15) is 0 Å². The highest BCUT2D eigenvalue weighted by Gasteiger charge is 2.53. The van der Waals surface area contributed by atoms with Crippen LogP contribution in [-0.2, 0) is 0 Å². The van der Waals surface area contributed by atoms with E-state index in [0.717, 1.165) is 17.3 Å². The highest BCUT2D eigenvalue weighted by atomic mass is 14.6. The summed E-state index contributed by atoms with van der Waals surface area (Å²) in [5, 5.41) is 0. The second-order valence-electron chi connectivity index (χ2n) is 4.98. The van der Waals surface area contributed by atoms with Gasteiger partial charge in [0.25, 0.3) is 0 Å². The van der Waals surface area contributed by atoms with Crippen molar-refractivity contribution in [1.82, 2.24) is 0 Å². The van der Waals surface area contributed by atoms with Crippen molar-refractivity contribution in [3.63, 3.8) is 0 Å².